The van der Waals surface area contributed by atoms with Crippen molar-refractivity contribution in [3.8, 4) is 0 Å². The molecule has 106 valence electrons. The van der Waals surface area contributed by atoms with Gasteiger partial charge in [-0.25, -0.2) is 0 Å². The molecule has 0 saturated heterocycles. The summed E-state index contributed by atoms with van der Waals surface area (Å²) in [4.78, 5) is 0. The monoisotopic (exact) mass is 292 g/mol. The molecule has 0 saturated carbocycles. The fourth-order valence-corrected chi connectivity index (χ4v) is 3.71. The van der Waals surface area contributed by atoms with Crippen LogP contribution in [0.15, 0.2) is 29.4 Å². The van der Waals surface area contributed by atoms with E-state index in [0.717, 1.165) is 19.3 Å². The minimum absolute atomic E-state index is 0.0282. The minimum atomic E-state index is -3.68. The number of nitrogens with two attached hydrogens (primary N) is 1. The van der Waals surface area contributed by atoms with Gasteiger partial charge in [0.1, 0.15) is 0 Å². The van der Waals surface area contributed by atoms with Gasteiger partial charge in [0.05, 0.1) is 6.20 Å². The number of benzene rings is 1. The highest BCUT2D eigenvalue weighted by molar-refractivity contribution is 7.92. The molecule has 1 aliphatic carbocycles. The van der Waals surface area contributed by atoms with Crippen LogP contribution in [0.3, 0.4) is 0 Å². The van der Waals surface area contributed by atoms with E-state index in [9.17, 15) is 8.42 Å². The molecule has 3 rings (SSSR count). The molecular weight excluding hydrogens is 276 g/mol. The molecule has 0 aliphatic heterocycles. The molecule has 7 heteroatoms. The topological polar surface area (TPSA) is 101 Å². The van der Waals surface area contributed by atoms with Crippen LogP contribution in [0, 0.1) is 0 Å². The predicted molar refractivity (Wildman–Crippen MR) is 75.8 cm³/mol. The second-order valence-corrected chi connectivity index (χ2v) is 6.49. The average molecular weight is 292 g/mol. The van der Waals surface area contributed by atoms with Crippen LogP contribution in [-0.4, -0.2) is 18.6 Å². The average Bonchev–Trinajstić information content (AvgIpc) is 3.06. The summed E-state index contributed by atoms with van der Waals surface area (Å²) in [6, 6.07) is 5.68. The van der Waals surface area contributed by atoms with Crippen molar-refractivity contribution in [3.05, 3.63) is 41.1 Å². The smallest absolute Gasteiger partial charge is 0.279 e. The van der Waals surface area contributed by atoms with Crippen molar-refractivity contribution in [2.45, 2.75) is 30.8 Å². The van der Waals surface area contributed by atoms with Crippen LogP contribution in [0.1, 0.15) is 23.1 Å². The van der Waals surface area contributed by atoms with Gasteiger partial charge < -0.3 is 5.73 Å². The molecule has 1 aromatic carbocycles. The first-order valence-electron chi connectivity index (χ1n) is 6.47. The maximum atomic E-state index is 12.3. The van der Waals surface area contributed by atoms with E-state index in [4.69, 9.17) is 5.73 Å². The highest BCUT2D eigenvalue weighted by atomic mass is 32.2. The zero-order chi connectivity index (χ0) is 14.2. The number of H-pyrrole nitrogens is 1. The summed E-state index contributed by atoms with van der Waals surface area (Å²) in [7, 11) is -3.68. The maximum Gasteiger partial charge on any atom is 0.279 e. The Morgan fingerprint density at radius 2 is 2.10 bits per heavy atom. The zero-order valence-corrected chi connectivity index (χ0v) is 11.7. The number of fused-ring (bicyclic) bond motifs is 1. The third-order valence-corrected chi connectivity index (χ3v) is 4.91. The Bertz CT molecular complexity index is 737. The van der Waals surface area contributed by atoms with Crippen molar-refractivity contribution in [3.63, 3.8) is 0 Å². The summed E-state index contributed by atoms with van der Waals surface area (Å²) in [5.41, 5.74) is 9.07. The molecule has 0 fully saturated rings. The number of hydrogen-bond donors (Lipinski definition) is 3. The summed E-state index contributed by atoms with van der Waals surface area (Å²) >= 11 is 0. The van der Waals surface area contributed by atoms with E-state index in [1.54, 1.807) is 6.07 Å². The van der Waals surface area contributed by atoms with Crippen LogP contribution in [-0.2, 0) is 29.4 Å². The Morgan fingerprint density at radius 1 is 1.30 bits per heavy atom. The van der Waals surface area contributed by atoms with Crippen molar-refractivity contribution in [2.24, 2.45) is 5.73 Å². The number of sulfonamides is 1. The molecule has 0 radical (unpaired) electrons. The van der Waals surface area contributed by atoms with Crippen molar-refractivity contribution >= 4 is 15.7 Å². The van der Waals surface area contributed by atoms with Crippen LogP contribution < -0.4 is 10.5 Å². The number of aryl methyl sites for hydroxylation is 2. The quantitative estimate of drug-likeness (QED) is 0.787. The Kier molecular flexibility index (Phi) is 3.23. The lowest BCUT2D eigenvalue weighted by molar-refractivity contribution is 0.596. The van der Waals surface area contributed by atoms with Gasteiger partial charge in [0.25, 0.3) is 10.0 Å². The Hall–Kier alpha value is -1.86. The number of hydrogen-bond acceptors (Lipinski definition) is 4. The number of anilines is 1. The fourth-order valence-electron chi connectivity index (χ4n) is 2.52. The Balaban J connectivity index is 1.90. The van der Waals surface area contributed by atoms with Crippen molar-refractivity contribution < 1.29 is 8.42 Å². The highest BCUT2D eigenvalue weighted by Gasteiger charge is 2.21. The molecule has 2 aromatic rings. The molecular formula is C13H16N4O2S. The van der Waals surface area contributed by atoms with Crippen LogP contribution in [0.2, 0.25) is 0 Å². The van der Waals surface area contributed by atoms with Gasteiger partial charge in [-0.15, -0.1) is 0 Å². The number of aromatic nitrogens is 2. The van der Waals surface area contributed by atoms with Gasteiger partial charge in [0.15, 0.2) is 5.03 Å². The largest absolute Gasteiger partial charge is 0.326 e. The highest BCUT2D eigenvalue weighted by Crippen LogP contribution is 2.26. The molecule has 1 aliphatic rings. The van der Waals surface area contributed by atoms with Gasteiger partial charge in [-0.3, -0.25) is 9.82 Å². The Labute approximate surface area is 117 Å². The van der Waals surface area contributed by atoms with Gasteiger partial charge in [0.2, 0.25) is 0 Å². The Morgan fingerprint density at radius 3 is 2.90 bits per heavy atom. The molecule has 6 nitrogen and oxygen atoms in total. The first-order chi connectivity index (χ1) is 9.60. The standard InChI is InChI=1S/C13H16N4O2S/c14-7-11-8-15-16-13(11)20(18,19)17-12-5-4-9-2-1-3-10(9)6-12/h4-6,8,17H,1-3,7,14H2,(H,15,16). The summed E-state index contributed by atoms with van der Waals surface area (Å²) in [5.74, 6) is 0. The van der Waals surface area contributed by atoms with E-state index < -0.39 is 10.0 Å². The van der Waals surface area contributed by atoms with Gasteiger partial charge in [-0.05, 0) is 42.5 Å². The third kappa shape index (κ3) is 2.30. The van der Waals surface area contributed by atoms with Gasteiger partial charge in [-0.2, -0.15) is 13.5 Å². The van der Waals surface area contributed by atoms with E-state index in [2.05, 4.69) is 14.9 Å². The van der Waals surface area contributed by atoms with Crippen molar-refractivity contribution in [2.75, 3.05) is 4.72 Å². The second kappa shape index (κ2) is 4.92. The molecule has 0 spiro atoms. The number of nitrogens with one attached hydrogen (secondary N) is 2. The normalized spacial score (nSPS) is 14.2. The lowest BCUT2D eigenvalue weighted by Crippen LogP contribution is -2.16. The zero-order valence-electron chi connectivity index (χ0n) is 10.9. The maximum absolute atomic E-state index is 12.3. The first-order valence-corrected chi connectivity index (χ1v) is 7.95. The molecule has 4 N–H and O–H groups in total. The summed E-state index contributed by atoms with van der Waals surface area (Å²) in [6.07, 6.45) is 4.63. The molecule has 0 unspecified atom stereocenters. The summed E-state index contributed by atoms with van der Waals surface area (Å²) < 4.78 is 27.2. The first kappa shape index (κ1) is 13.1. The van der Waals surface area contributed by atoms with Crippen LogP contribution in [0.4, 0.5) is 5.69 Å². The van der Waals surface area contributed by atoms with Crippen molar-refractivity contribution in [1.82, 2.24) is 10.2 Å². The van der Waals surface area contributed by atoms with E-state index in [0.29, 0.717) is 11.3 Å². The summed E-state index contributed by atoms with van der Waals surface area (Å²) in [5, 5.41) is 6.25. The SMILES string of the molecule is NCc1cn[nH]c1S(=O)(=O)Nc1ccc2c(c1)CCC2. The van der Waals surface area contributed by atoms with Gasteiger partial charge >= 0.3 is 0 Å². The van der Waals surface area contributed by atoms with Crippen LogP contribution in [0.25, 0.3) is 0 Å². The number of aromatic amines is 1. The molecule has 0 atom stereocenters. The van der Waals surface area contributed by atoms with E-state index >= 15 is 0 Å². The van der Waals surface area contributed by atoms with E-state index in [1.165, 1.54) is 17.3 Å². The van der Waals surface area contributed by atoms with E-state index in [1.807, 2.05) is 12.1 Å². The summed E-state index contributed by atoms with van der Waals surface area (Å²) in [6.45, 7) is 0.122. The van der Waals surface area contributed by atoms with Gasteiger partial charge in [0, 0.05) is 17.8 Å². The lowest BCUT2D eigenvalue weighted by atomic mass is 10.1. The lowest BCUT2D eigenvalue weighted by Gasteiger charge is -2.09. The van der Waals surface area contributed by atoms with Crippen molar-refractivity contribution in [1.29, 1.82) is 0 Å². The minimum Gasteiger partial charge on any atom is -0.326 e. The molecule has 20 heavy (non-hydrogen) atoms. The molecule has 0 amide bonds. The second-order valence-electron chi connectivity index (χ2n) is 4.87. The molecule has 1 aromatic heterocycles. The van der Waals surface area contributed by atoms with Gasteiger partial charge in [-0.1, -0.05) is 6.07 Å². The predicted octanol–water partition coefficient (Wildman–Crippen LogP) is 1.16. The molecule has 0 bridgehead atoms. The molecule has 1 heterocycles. The third-order valence-electron chi connectivity index (χ3n) is 3.52. The van der Waals surface area contributed by atoms with E-state index in [-0.39, 0.29) is 11.6 Å². The number of rotatable bonds is 4. The number of nitrogens with zero attached hydrogens (tertiary/aromatic N) is 1. The van der Waals surface area contributed by atoms with Crippen LogP contribution in [0.5, 0.6) is 0 Å². The van der Waals surface area contributed by atoms with Crippen LogP contribution >= 0.6 is 0 Å². The fraction of sp³-hybridized carbons (Fsp3) is 0.308.